The minimum Gasteiger partial charge on any atom is -0.480 e. The van der Waals surface area contributed by atoms with Crippen LogP contribution < -0.4 is 0 Å². The Hall–Kier alpha value is -0.610. The van der Waals surface area contributed by atoms with Crippen LogP contribution in [0.3, 0.4) is 0 Å². The van der Waals surface area contributed by atoms with Crippen molar-refractivity contribution in [3.05, 3.63) is 0 Å². The number of rotatable bonds is 5. The highest BCUT2D eigenvalue weighted by atomic mass is 16.5. The molecule has 1 rings (SSSR count). The van der Waals surface area contributed by atoms with Crippen LogP contribution in [0.1, 0.15) is 26.7 Å². The summed E-state index contributed by atoms with van der Waals surface area (Å²) in [7, 11) is 0. The Balaban J connectivity index is 2.21. The third-order valence-corrected chi connectivity index (χ3v) is 2.86. The average Bonchev–Trinajstić information content (AvgIpc) is 2.17. The zero-order valence-corrected chi connectivity index (χ0v) is 9.61. The molecule has 0 bridgehead atoms. The van der Waals surface area contributed by atoms with Gasteiger partial charge in [-0.1, -0.05) is 0 Å². The molecule has 4 heteroatoms. The van der Waals surface area contributed by atoms with Gasteiger partial charge in [0.1, 0.15) is 6.61 Å². The topological polar surface area (TPSA) is 49.8 Å². The van der Waals surface area contributed by atoms with E-state index in [0.29, 0.717) is 18.6 Å². The first-order valence-corrected chi connectivity index (χ1v) is 5.63. The number of carboxylic acids is 1. The van der Waals surface area contributed by atoms with Crippen molar-refractivity contribution in [1.82, 2.24) is 4.90 Å². The Kier molecular flexibility index (Phi) is 5.05. The molecule has 1 saturated heterocycles. The van der Waals surface area contributed by atoms with E-state index in [1.54, 1.807) is 0 Å². The Morgan fingerprint density at radius 2 is 2.33 bits per heavy atom. The summed E-state index contributed by atoms with van der Waals surface area (Å²) in [5, 5.41) is 8.45. The predicted molar refractivity (Wildman–Crippen MR) is 57.9 cm³/mol. The normalized spacial score (nSPS) is 23.3. The second-order valence-electron chi connectivity index (χ2n) is 4.51. The van der Waals surface area contributed by atoms with Gasteiger partial charge in [-0.2, -0.15) is 0 Å². The Morgan fingerprint density at radius 3 is 2.93 bits per heavy atom. The first-order valence-electron chi connectivity index (χ1n) is 5.63. The van der Waals surface area contributed by atoms with Crippen molar-refractivity contribution in [2.75, 3.05) is 26.3 Å². The molecule has 0 aliphatic carbocycles. The van der Waals surface area contributed by atoms with E-state index in [2.05, 4.69) is 18.7 Å². The number of nitrogens with zero attached hydrogens (tertiary/aromatic N) is 1. The lowest BCUT2D eigenvalue weighted by Crippen LogP contribution is -2.41. The summed E-state index contributed by atoms with van der Waals surface area (Å²) in [5.41, 5.74) is 0. The predicted octanol–water partition coefficient (Wildman–Crippen LogP) is 1.21. The lowest BCUT2D eigenvalue weighted by Gasteiger charge is -2.35. The van der Waals surface area contributed by atoms with Crippen LogP contribution in [0, 0.1) is 5.92 Å². The van der Waals surface area contributed by atoms with E-state index in [1.807, 2.05) is 0 Å². The highest BCUT2D eigenvalue weighted by Crippen LogP contribution is 2.18. The summed E-state index contributed by atoms with van der Waals surface area (Å²) in [6.07, 6.45) is 2.35. The first-order chi connectivity index (χ1) is 7.09. The SMILES string of the molecule is CC(C)N1CCC[C@@H](COCC(=O)O)C1. The number of hydrogen-bond donors (Lipinski definition) is 1. The van der Waals surface area contributed by atoms with E-state index in [4.69, 9.17) is 9.84 Å². The summed E-state index contributed by atoms with van der Waals surface area (Å²) < 4.78 is 5.14. The van der Waals surface area contributed by atoms with Gasteiger partial charge in [-0.25, -0.2) is 4.79 Å². The van der Waals surface area contributed by atoms with Gasteiger partial charge in [0, 0.05) is 12.6 Å². The zero-order chi connectivity index (χ0) is 11.3. The Labute approximate surface area is 91.2 Å². The van der Waals surface area contributed by atoms with Gasteiger partial charge in [0.2, 0.25) is 0 Å². The third-order valence-electron chi connectivity index (χ3n) is 2.86. The molecule has 0 unspecified atom stereocenters. The molecule has 0 amide bonds. The molecule has 88 valence electrons. The minimum atomic E-state index is -0.883. The van der Waals surface area contributed by atoms with E-state index in [1.165, 1.54) is 6.42 Å². The quantitative estimate of drug-likeness (QED) is 0.749. The fraction of sp³-hybridized carbons (Fsp3) is 0.909. The highest BCUT2D eigenvalue weighted by molar-refractivity contribution is 5.67. The van der Waals surface area contributed by atoms with Gasteiger partial charge in [-0.15, -0.1) is 0 Å². The summed E-state index contributed by atoms with van der Waals surface area (Å²) in [6.45, 7) is 7.00. The molecule has 0 saturated carbocycles. The molecular weight excluding hydrogens is 194 g/mol. The highest BCUT2D eigenvalue weighted by Gasteiger charge is 2.21. The van der Waals surface area contributed by atoms with Crippen molar-refractivity contribution in [1.29, 1.82) is 0 Å². The number of ether oxygens (including phenoxy) is 1. The number of carbonyl (C=O) groups is 1. The molecule has 1 fully saturated rings. The van der Waals surface area contributed by atoms with Gasteiger partial charge in [-0.05, 0) is 39.2 Å². The number of piperidine rings is 1. The Morgan fingerprint density at radius 1 is 1.60 bits per heavy atom. The molecule has 1 atom stereocenters. The minimum absolute atomic E-state index is 0.168. The Bertz CT molecular complexity index is 206. The van der Waals surface area contributed by atoms with Gasteiger partial charge in [-0.3, -0.25) is 0 Å². The molecule has 0 aromatic rings. The van der Waals surface area contributed by atoms with E-state index >= 15 is 0 Å². The van der Waals surface area contributed by atoms with Crippen molar-refractivity contribution in [2.24, 2.45) is 5.92 Å². The van der Waals surface area contributed by atoms with Gasteiger partial charge in [0.25, 0.3) is 0 Å². The van der Waals surface area contributed by atoms with Crippen molar-refractivity contribution in [2.45, 2.75) is 32.7 Å². The molecule has 1 aliphatic heterocycles. The molecule has 0 aromatic carbocycles. The fourth-order valence-electron chi connectivity index (χ4n) is 2.02. The maximum absolute atomic E-state index is 10.3. The van der Waals surface area contributed by atoms with Crippen LogP contribution in [-0.2, 0) is 9.53 Å². The van der Waals surface area contributed by atoms with Crippen LogP contribution in [0.5, 0.6) is 0 Å². The van der Waals surface area contributed by atoms with Crippen LogP contribution >= 0.6 is 0 Å². The zero-order valence-electron chi connectivity index (χ0n) is 9.61. The van der Waals surface area contributed by atoms with Crippen LogP contribution in [0.4, 0.5) is 0 Å². The summed E-state index contributed by atoms with van der Waals surface area (Å²) >= 11 is 0. The molecule has 15 heavy (non-hydrogen) atoms. The third kappa shape index (κ3) is 4.62. The van der Waals surface area contributed by atoms with Gasteiger partial charge in [0.15, 0.2) is 0 Å². The van der Waals surface area contributed by atoms with Crippen LogP contribution in [0.25, 0.3) is 0 Å². The first kappa shape index (κ1) is 12.5. The van der Waals surface area contributed by atoms with Crippen molar-refractivity contribution < 1.29 is 14.6 Å². The molecule has 4 nitrogen and oxygen atoms in total. The lowest BCUT2D eigenvalue weighted by atomic mass is 9.98. The monoisotopic (exact) mass is 215 g/mol. The standard InChI is InChI=1S/C11H21NO3/c1-9(2)12-5-3-4-10(6-12)7-15-8-11(13)14/h9-10H,3-8H2,1-2H3,(H,13,14)/t10-/m1/s1. The smallest absolute Gasteiger partial charge is 0.329 e. The molecule has 1 N–H and O–H groups in total. The van der Waals surface area contributed by atoms with Gasteiger partial charge in [0.05, 0.1) is 6.61 Å². The fourth-order valence-corrected chi connectivity index (χ4v) is 2.02. The second-order valence-corrected chi connectivity index (χ2v) is 4.51. The van der Waals surface area contributed by atoms with E-state index in [0.717, 1.165) is 19.5 Å². The summed E-state index contributed by atoms with van der Waals surface area (Å²) in [5.74, 6) is -0.382. The van der Waals surface area contributed by atoms with E-state index < -0.39 is 5.97 Å². The second kappa shape index (κ2) is 6.08. The summed E-state index contributed by atoms with van der Waals surface area (Å²) in [6, 6.07) is 0.576. The number of hydrogen-bond acceptors (Lipinski definition) is 3. The van der Waals surface area contributed by atoms with E-state index in [-0.39, 0.29) is 6.61 Å². The van der Waals surface area contributed by atoms with Gasteiger partial charge >= 0.3 is 5.97 Å². The summed E-state index contributed by atoms with van der Waals surface area (Å²) in [4.78, 5) is 12.7. The molecule has 0 spiro atoms. The van der Waals surface area contributed by atoms with Crippen molar-refractivity contribution in [3.8, 4) is 0 Å². The van der Waals surface area contributed by atoms with Crippen LogP contribution in [0.15, 0.2) is 0 Å². The maximum Gasteiger partial charge on any atom is 0.329 e. The van der Waals surface area contributed by atoms with Crippen LogP contribution in [0.2, 0.25) is 0 Å². The number of likely N-dealkylation sites (tertiary alicyclic amines) is 1. The van der Waals surface area contributed by atoms with Crippen molar-refractivity contribution in [3.63, 3.8) is 0 Å². The van der Waals surface area contributed by atoms with Crippen molar-refractivity contribution >= 4 is 5.97 Å². The molecule has 0 aromatic heterocycles. The largest absolute Gasteiger partial charge is 0.480 e. The molecular formula is C11H21NO3. The molecule has 1 aliphatic rings. The average molecular weight is 215 g/mol. The lowest BCUT2D eigenvalue weighted by molar-refractivity contribution is -0.142. The number of aliphatic carboxylic acids is 1. The van der Waals surface area contributed by atoms with Gasteiger partial charge < -0.3 is 14.7 Å². The van der Waals surface area contributed by atoms with Crippen LogP contribution in [-0.4, -0.2) is 48.3 Å². The molecule has 1 heterocycles. The molecule has 0 radical (unpaired) electrons. The maximum atomic E-state index is 10.3. The van der Waals surface area contributed by atoms with E-state index in [9.17, 15) is 4.79 Å². The number of carboxylic acid groups (broad SMARTS) is 1.